The lowest BCUT2D eigenvalue weighted by atomic mass is 10.4. The van der Waals surface area contributed by atoms with Crippen molar-refractivity contribution in [2.24, 2.45) is 7.05 Å². The zero-order chi connectivity index (χ0) is 14.0. The normalized spacial score (nSPS) is 18.9. The summed E-state index contributed by atoms with van der Waals surface area (Å²) in [6.07, 6.45) is 1.69. The molecule has 1 saturated heterocycles. The Hall–Kier alpha value is -0.890. The van der Waals surface area contributed by atoms with E-state index < -0.39 is 10.0 Å². The topological polar surface area (TPSA) is 57.6 Å². The lowest BCUT2D eigenvalue weighted by Crippen LogP contribution is -2.46. The molecular weight excluding hydrogens is 264 g/mol. The molecule has 0 saturated carbocycles. The minimum Gasteiger partial charge on any atom is -0.352 e. The predicted octanol–water partition coefficient (Wildman–Crippen LogP) is -0.319. The minimum absolute atomic E-state index is 0.393. The standard InChI is InChI=1S/C12H22N4O2S/c1-13-9-11-8-12(10-15(11)3)19(17,18)16-6-4-14(2)5-7-16/h8,10,13H,4-7,9H2,1-3H3. The second-order valence-corrected chi connectivity index (χ2v) is 6.95. The number of likely N-dealkylation sites (N-methyl/N-ethyl adjacent to an activating group) is 1. The molecule has 7 heteroatoms. The molecule has 1 fully saturated rings. The Bertz CT molecular complexity index is 530. The van der Waals surface area contributed by atoms with E-state index in [2.05, 4.69) is 10.2 Å². The maximum absolute atomic E-state index is 12.5. The summed E-state index contributed by atoms with van der Waals surface area (Å²) in [6, 6.07) is 1.75. The Morgan fingerprint density at radius 1 is 1.21 bits per heavy atom. The van der Waals surface area contributed by atoms with Gasteiger partial charge in [-0.2, -0.15) is 4.31 Å². The number of piperazine rings is 1. The van der Waals surface area contributed by atoms with E-state index in [1.165, 1.54) is 0 Å². The van der Waals surface area contributed by atoms with Gasteiger partial charge in [0, 0.05) is 51.7 Å². The largest absolute Gasteiger partial charge is 0.352 e. The molecule has 1 aromatic rings. The summed E-state index contributed by atoms with van der Waals surface area (Å²) in [6.45, 7) is 3.36. The van der Waals surface area contributed by atoms with Crippen LogP contribution in [0.2, 0.25) is 0 Å². The highest BCUT2D eigenvalue weighted by Gasteiger charge is 2.28. The Kier molecular flexibility index (Phi) is 4.29. The van der Waals surface area contributed by atoms with Gasteiger partial charge in [-0.05, 0) is 20.2 Å². The third-order valence-electron chi connectivity index (χ3n) is 3.54. The number of rotatable bonds is 4. The number of nitrogens with zero attached hydrogens (tertiary/aromatic N) is 3. The minimum atomic E-state index is -3.35. The number of aryl methyl sites for hydroxylation is 1. The van der Waals surface area contributed by atoms with Crippen molar-refractivity contribution in [2.45, 2.75) is 11.4 Å². The van der Waals surface area contributed by atoms with Crippen LogP contribution >= 0.6 is 0 Å². The maximum atomic E-state index is 12.5. The summed E-state index contributed by atoms with van der Waals surface area (Å²) in [7, 11) is 2.38. The molecule has 0 amide bonds. The van der Waals surface area contributed by atoms with Crippen molar-refractivity contribution in [1.82, 2.24) is 19.1 Å². The summed E-state index contributed by atoms with van der Waals surface area (Å²) in [4.78, 5) is 2.54. The molecule has 6 nitrogen and oxygen atoms in total. The molecule has 19 heavy (non-hydrogen) atoms. The van der Waals surface area contributed by atoms with Crippen molar-refractivity contribution >= 4 is 10.0 Å². The van der Waals surface area contributed by atoms with Gasteiger partial charge in [-0.15, -0.1) is 0 Å². The molecule has 0 aliphatic carbocycles. The van der Waals surface area contributed by atoms with Crippen LogP contribution < -0.4 is 5.32 Å². The van der Waals surface area contributed by atoms with Gasteiger partial charge in [0.05, 0.1) is 0 Å². The number of sulfonamides is 1. The van der Waals surface area contributed by atoms with E-state index in [1.807, 2.05) is 25.7 Å². The number of aromatic nitrogens is 1. The average Bonchev–Trinajstić information content (AvgIpc) is 2.73. The van der Waals surface area contributed by atoms with Crippen molar-refractivity contribution in [3.05, 3.63) is 18.0 Å². The third-order valence-corrected chi connectivity index (χ3v) is 5.40. The van der Waals surface area contributed by atoms with Crippen LogP contribution in [0.1, 0.15) is 5.69 Å². The SMILES string of the molecule is CNCc1cc(S(=O)(=O)N2CCN(C)CC2)cn1C. The van der Waals surface area contributed by atoms with Gasteiger partial charge in [0.2, 0.25) is 10.0 Å². The molecule has 108 valence electrons. The molecule has 0 atom stereocenters. The second kappa shape index (κ2) is 5.62. The van der Waals surface area contributed by atoms with Gasteiger partial charge in [-0.25, -0.2) is 8.42 Å². The quantitative estimate of drug-likeness (QED) is 0.824. The molecule has 1 aliphatic heterocycles. The van der Waals surface area contributed by atoms with Crippen molar-refractivity contribution < 1.29 is 8.42 Å². The zero-order valence-corrected chi connectivity index (χ0v) is 12.6. The molecular formula is C12H22N4O2S. The molecule has 0 radical (unpaired) electrons. The Labute approximate surface area is 115 Å². The third kappa shape index (κ3) is 3.00. The van der Waals surface area contributed by atoms with E-state index in [4.69, 9.17) is 0 Å². The first-order valence-corrected chi connectivity index (χ1v) is 7.87. The first-order chi connectivity index (χ1) is 8.95. The van der Waals surface area contributed by atoms with E-state index in [-0.39, 0.29) is 0 Å². The van der Waals surface area contributed by atoms with Crippen LogP contribution in [0.15, 0.2) is 17.2 Å². The monoisotopic (exact) mass is 286 g/mol. The molecule has 1 aliphatic rings. The van der Waals surface area contributed by atoms with Crippen LogP contribution in [0.3, 0.4) is 0 Å². The molecule has 2 heterocycles. The second-order valence-electron chi connectivity index (χ2n) is 5.02. The number of nitrogens with one attached hydrogen (secondary N) is 1. The van der Waals surface area contributed by atoms with E-state index >= 15 is 0 Å². The summed E-state index contributed by atoms with van der Waals surface area (Å²) in [5.41, 5.74) is 0.968. The Morgan fingerprint density at radius 3 is 2.42 bits per heavy atom. The Balaban J connectivity index is 2.22. The Morgan fingerprint density at radius 2 is 1.84 bits per heavy atom. The summed E-state index contributed by atoms with van der Waals surface area (Å²) < 4.78 is 28.5. The molecule has 0 bridgehead atoms. The molecule has 1 N–H and O–H groups in total. The average molecular weight is 286 g/mol. The summed E-state index contributed by atoms with van der Waals surface area (Å²) in [5.74, 6) is 0. The lowest BCUT2D eigenvalue weighted by Gasteiger charge is -2.31. The van der Waals surface area contributed by atoms with Crippen molar-refractivity contribution in [1.29, 1.82) is 0 Å². The lowest BCUT2D eigenvalue weighted by molar-refractivity contribution is 0.222. The number of hydrogen-bond acceptors (Lipinski definition) is 4. The van der Waals surface area contributed by atoms with Crippen molar-refractivity contribution in [2.75, 3.05) is 40.3 Å². The highest BCUT2D eigenvalue weighted by atomic mass is 32.2. The fraction of sp³-hybridized carbons (Fsp3) is 0.667. The van der Waals surface area contributed by atoms with Gasteiger partial charge in [-0.3, -0.25) is 0 Å². The van der Waals surface area contributed by atoms with Crippen LogP contribution in [0.4, 0.5) is 0 Å². The van der Waals surface area contributed by atoms with Crippen LogP contribution in [-0.2, 0) is 23.6 Å². The molecule has 1 aromatic heterocycles. The fourth-order valence-corrected chi connectivity index (χ4v) is 3.77. The van der Waals surface area contributed by atoms with Crippen LogP contribution in [0.5, 0.6) is 0 Å². The molecule has 0 unspecified atom stereocenters. The first kappa shape index (κ1) is 14.5. The van der Waals surface area contributed by atoms with Gasteiger partial charge < -0.3 is 14.8 Å². The van der Waals surface area contributed by atoms with Gasteiger partial charge >= 0.3 is 0 Å². The summed E-state index contributed by atoms with van der Waals surface area (Å²) in [5, 5.41) is 3.04. The molecule has 0 aromatic carbocycles. The van der Waals surface area contributed by atoms with Gasteiger partial charge in [0.25, 0.3) is 0 Å². The molecule has 0 spiro atoms. The van der Waals surface area contributed by atoms with E-state index in [1.54, 1.807) is 16.6 Å². The fourth-order valence-electron chi connectivity index (χ4n) is 2.25. The van der Waals surface area contributed by atoms with Crippen LogP contribution in [0.25, 0.3) is 0 Å². The van der Waals surface area contributed by atoms with Gasteiger partial charge in [-0.1, -0.05) is 0 Å². The highest BCUT2D eigenvalue weighted by Crippen LogP contribution is 2.19. The highest BCUT2D eigenvalue weighted by molar-refractivity contribution is 7.89. The molecule has 2 rings (SSSR count). The first-order valence-electron chi connectivity index (χ1n) is 6.43. The van der Waals surface area contributed by atoms with Crippen LogP contribution in [-0.4, -0.2) is 62.5 Å². The van der Waals surface area contributed by atoms with Gasteiger partial charge in [0.15, 0.2) is 0 Å². The predicted molar refractivity (Wildman–Crippen MR) is 74.4 cm³/mol. The maximum Gasteiger partial charge on any atom is 0.244 e. The van der Waals surface area contributed by atoms with E-state index in [9.17, 15) is 8.42 Å². The smallest absolute Gasteiger partial charge is 0.244 e. The number of hydrogen-bond donors (Lipinski definition) is 1. The van der Waals surface area contributed by atoms with Crippen molar-refractivity contribution in [3.8, 4) is 0 Å². The van der Waals surface area contributed by atoms with Crippen molar-refractivity contribution in [3.63, 3.8) is 0 Å². The van der Waals surface area contributed by atoms with Crippen LogP contribution in [0, 0.1) is 0 Å². The van der Waals surface area contributed by atoms with E-state index in [0.29, 0.717) is 24.5 Å². The summed E-state index contributed by atoms with van der Waals surface area (Å²) >= 11 is 0. The zero-order valence-electron chi connectivity index (χ0n) is 11.8. The van der Waals surface area contributed by atoms with Gasteiger partial charge in [0.1, 0.15) is 4.90 Å². The van der Waals surface area contributed by atoms with E-state index in [0.717, 1.165) is 18.8 Å².